The molecule has 0 bridgehead atoms. The zero-order chi connectivity index (χ0) is 19.8. The minimum absolute atomic E-state index is 0.0834. The molecule has 0 heterocycles. The second kappa shape index (κ2) is 10.0. The highest BCUT2D eigenvalue weighted by Crippen LogP contribution is 2.24. The summed E-state index contributed by atoms with van der Waals surface area (Å²) in [5.74, 6) is -0.701. The van der Waals surface area contributed by atoms with E-state index >= 15 is 0 Å². The second-order valence-corrected chi connectivity index (χ2v) is 7.12. The van der Waals surface area contributed by atoms with Crippen molar-refractivity contribution in [3.05, 3.63) is 71.8 Å². The van der Waals surface area contributed by atoms with Gasteiger partial charge in [0.25, 0.3) is 5.91 Å². The number of esters is 1. The lowest BCUT2D eigenvalue weighted by molar-refractivity contribution is -0.161. The van der Waals surface area contributed by atoms with E-state index in [-0.39, 0.29) is 18.1 Å². The Hall–Kier alpha value is -2.66. The maximum Gasteiger partial charge on any atom is 0.329 e. The summed E-state index contributed by atoms with van der Waals surface area (Å²) >= 11 is 0. The Morgan fingerprint density at radius 1 is 0.964 bits per heavy atom. The number of benzene rings is 2. The van der Waals surface area contributed by atoms with Crippen LogP contribution in [0.5, 0.6) is 0 Å². The summed E-state index contributed by atoms with van der Waals surface area (Å²) in [6.07, 6.45) is 3.78. The van der Waals surface area contributed by atoms with Crippen molar-refractivity contribution in [2.24, 2.45) is 0 Å². The van der Waals surface area contributed by atoms with Gasteiger partial charge in [-0.3, -0.25) is 4.79 Å². The number of hydrogen-bond donors (Lipinski definition) is 1. The van der Waals surface area contributed by atoms with E-state index in [1.54, 1.807) is 31.4 Å². The lowest BCUT2D eigenvalue weighted by atomic mass is 9.94. The van der Waals surface area contributed by atoms with E-state index in [0.29, 0.717) is 12.0 Å². The van der Waals surface area contributed by atoms with E-state index in [9.17, 15) is 9.59 Å². The summed E-state index contributed by atoms with van der Waals surface area (Å²) in [6.45, 7) is 0. The third-order valence-corrected chi connectivity index (χ3v) is 5.12. The highest BCUT2D eigenvalue weighted by Gasteiger charge is 2.32. The summed E-state index contributed by atoms with van der Waals surface area (Å²) in [5.41, 5.74) is 1.48. The summed E-state index contributed by atoms with van der Waals surface area (Å²) in [4.78, 5) is 25.6. The minimum atomic E-state index is -0.755. The molecule has 1 aliphatic carbocycles. The maximum absolute atomic E-state index is 13.0. The molecule has 3 rings (SSSR count). The molecule has 28 heavy (non-hydrogen) atoms. The second-order valence-electron chi connectivity index (χ2n) is 7.12. The molecule has 1 fully saturated rings. The molecule has 0 saturated heterocycles. The monoisotopic (exact) mass is 381 g/mol. The number of methoxy groups -OCH3 is 1. The first-order chi connectivity index (χ1) is 13.7. The van der Waals surface area contributed by atoms with Crippen molar-refractivity contribution in [1.82, 2.24) is 5.32 Å². The molecular formula is C23H27NO4. The molecule has 0 aliphatic heterocycles. The number of rotatable bonds is 7. The summed E-state index contributed by atoms with van der Waals surface area (Å²) in [7, 11) is 1.65. The fraction of sp³-hybridized carbons (Fsp3) is 0.391. The van der Waals surface area contributed by atoms with Crippen molar-refractivity contribution in [2.75, 3.05) is 7.11 Å². The van der Waals surface area contributed by atoms with Gasteiger partial charge in [0.15, 0.2) is 0 Å². The molecule has 5 nitrogen and oxygen atoms in total. The molecule has 0 radical (unpaired) electrons. The molecule has 3 atom stereocenters. The average Bonchev–Trinajstić information content (AvgIpc) is 2.75. The van der Waals surface area contributed by atoms with E-state index in [4.69, 9.17) is 9.47 Å². The number of ether oxygens (including phenoxy) is 2. The standard InChI is InChI=1S/C23H27NO4/c1-27-20-14-8-9-15-21(20)28-23(26)19(16-17-10-4-2-5-11-17)24-22(25)18-12-6-3-7-13-18/h2-7,10-13,19-21H,8-9,14-16H2,1H3,(H,24,25)/t19-,20-,21-/m0/s1. The van der Waals surface area contributed by atoms with E-state index in [0.717, 1.165) is 31.2 Å². The van der Waals surface area contributed by atoms with Crippen LogP contribution in [0.25, 0.3) is 0 Å². The summed E-state index contributed by atoms with van der Waals surface area (Å²) < 4.78 is 11.3. The SMILES string of the molecule is CO[C@H]1CCCC[C@@H]1OC(=O)[C@H](Cc1ccccc1)NC(=O)c1ccccc1. The third kappa shape index (κ3) is 5.42. The van der Waals surface area contributed by atoms with Gasteiger partial charge in [0.1, 0.15) is 12.1 Å². The third-order valence-electron chi connectivity index (χ3n) is 5.12. The lowest BCUT2D eigenvalue weighted by Gasteiger charge is -2.31. The molecule has 0 unspecified atom stereocenters. The molecule has 1 amide bonds. The molecule has 2 aromatic rings. The van der Waals surface area contributed by atoms with Crippen LogP contribution < -0.4 is 5.32 Å². The molecule has 2 aromatic carbocycles. The first kappa shape index (κ1) is 20.1. The zero-order valence-corrected chi connectivity index (χ0v) is 16.2. The van der Waals surface area contributed by atoms with Crippen LogP contribution in [-0.2, 0) is 20.7 Å². The van der Waals surface area contributed by atoms with Gasteiger partial charge in [-0.2, -0.15) is 0 Å². The summed E-state index contributed by atoms with van der Waals surface area (Å²) in [6, 6.07) is 17.8. The number of carbonyl (C=O) groups is 2. The topological polar surface area (TPSA) is 64.6 Å². The Morgan fingerprint density at radius 3 is 2.21 bits per heavy atom. The number of amides is 1. The fourth-order valence-electron chi connectivity index (χ4n) is 3.57. The minimum Gasteiger partial charge on any atom is -0.458 e. The van der Waals surface area contributed by atoms with Gasteiger partial charge in [-0.1, -0.05) is 55.0 Å². The molecule has 0 aromatic heterocycles. The van der Waals surface area contributed by atoms with E-state index in [2.05, 4.69) is 5.32 Å². The van der Waals surface area contributed by atoms with Crippen molar-refractivity contribution in [3.8, 4) is 0 Å². The van der Waals surface area contributed by atoms with Crippen LogP contribution in [-0.4, -0.2) is 37.2 Å². The van der Waals surface area contributed by atoms with Gasteiger partial charge in [-0.15, -0.1) is 0 Å². The molecule has 5 heteroatoms. The summed E-state index contributed by atoms with van der Waals surface area (Å²) in [5, 5.41) is 2.85. The average molecular weight is 381 g/mol. The van der Waals surface area contributed by atoms with Crippen LogP contribution in [0.15, 0.2) is 60.7 Å². The molecule has 0 spiro atoms. The predicted octanol–water partition coefficient (Wildman–Crippen LogP) is 3.53. The first-order valence-electron chi connectivity index (χ1n) is 9.80. The van der Waals surface area contributed by atoms with Crippen molar-refractivity contribution in [3.63, 3.8) is 0 Å². The highest BCUT2D eigenvalue weighted by atomic mass is 16.6. The van der Waals surface area contributed by atoms with Crippen LogP contribution in [0.3, 0.4) is 0 Å². The van der Waals surface area contributed by atoms with Gasteiger partial charge >= 0.3 is 5.97 Å². The van der Waals surface area contributed by atoms with E-state index in [1.165, 1.54) is 0 Å². The Balaban J connectivity index is 1.73. The first-order valence-corrected chi connectivity index (χ1v) is 9.80. The van der Waals surface area contributed by atoms with Gasteiger partial charge in [-0.25, -0.2) is 4.79 Å². The van der Waals surface area contributed by atoms with Crippen LogP contribution in [0.4, 0.5) is 0 Å². The molecule has 1 saturated carbocycles. The number of hydrogen-bond acceptors (Lipinski definition) is 4. The van der Waals surface area contributed by atoms with Crippen molar-refractivity contribution >= 4 is 11.9 Å². The molecule has 148 valence electrons. The Kier molecular flexibility index (Phi) is 7.20. The van der Waals surface area contributed by atoms with E-state index in [1.807, 2.05) is 36.4 Å². The van der Waals surface area contributed by atoms with Gasteiger partial charge in [0, 0.05) is 19.1 Å². The Bertz CT molecular complexity index is 763. The Labute approximate surface area is 166 Å². The van der Waals surface area contributed by atoms with Crippen molar-refractivity contribution < 1.29 is 19.1 Å². The van der Waals surface area contributed by atoms with Gasteiger partial charge < -0.3 is 14.8 Å². The van der Waals surface area contributed by atoms with Crippen LogP contribution in [0.2, 0.25) is 0 Å². The fourth-order valence-corrected chi connectivity index (χ4v) is 3.57. The molecule has 1 N–H and O–H groups in total. The van der Waals surface area contributed by atoms with Gasteiger partial charge in [-0.05, 0) is 37.0 Å². The number of carbonyl (C=O) groups excluding carboxylic acids is 2. The normalized spacial score (nSPS) is 20.2. The van der Waals surface area contributed by atoms with Gasteiger partial charge in [0.2, 0.25) is 0 Å². The zero-order valence-electron chi connectivity index (χ0n) is 16.2. The van der Waals surface area contributed by atoms with E-state index < -0.39 is 12.0 Å². The lowest BCUT2D eigenvalue weighted by Crippen LogP contribution is -2.46. The Morgan fingerprint density at radius 2 is 1.57 bits per heavy atom. The molecular weight excluding hydrogens is 354 g/mol. The van der Waals surface area contributed by atoms with Crippen molar-refractivity contribution in [1.29, 1.82) is 0 Å². The largest absolute Gasteiger partial charge is 0.458 e. The quantitative estimate of drug-likeness (QED) is 0.745. The maximum atomic E-state index is 13.0. The number of nitrogens with one attached hydrogen (secondary N) is 1. The highest BCUT2D eigenvalue weighted by molar-refractivity contribution is 5.96. The predicted molar refractivity (Wildman–Crippen MR) is 107 cm³/mol. The molecule has 1 aliphatic rings. The smallest absolute Gasteiger partial charge is 0.329 e. The van der Waals surface area contributed by atoms with Gasteiger partial charge in [0.05, 0.1) is 6.10 Å². The van der Waals surface area contributed by atoms with Crippen LogP contribution in [0, 0.1) is 0 Å². The van der Waals surface area contributed by atoms with Crippen LogP contribution >= 0.6 is 0 Å². The van der Waals surface area contributed by atoms with Crippen molar-refractivity contribution in [2.45, 2.75) is 50.4 Å². The van der Waals surface area contributed by atoms with Crippen LogP contribution in [0.1, 0.15) is 41.6 Å².